The molecule has 1 aliphatic rings. The molecule has 4 nitrogen and oxygen atoms in total. The number of carbonyl (C=O) groups excluding carboxylic acids is 1. The van der Waals surface area contributed by atoms with Gasteiger partial charge in [0.15, 0.2) is 0 Å². The SMILES string of the molecule is CC(C)C(CNC(=O)OC(C)(C)C)NC1CCC(C)C(C)C1. The van der Waals surface area contributed by atoms with Gasteiger partial charge in [0.25, 0.3) is 0 Å². The van der Waals surface area contributed by atoms with Crippen LogP contribution in [0.25, 0.3) is 0 Å². The Kier molecular flexibility index (Phi) is 7.17. The number of nitrogens with one attached hydrogen (secondary N) is 2. The minimum absolute atomic E-state index is 0.290. The zero-order valence-electron chi connectivity index (χ0n) is 15.5. The molecule has 1 rings (SSSR count). The highest BCUT2D eigenvalue weighted by Crippen LogP contribution is 2.29. The third-order valence-corrected chi connectivity index (χ3v) is 4.72. The van der Waals surface area contributed by atoms with Crippen LogP contribution in [-0.2, 0) is 4.74 Å². The van der Waals surface area contributed by atoms with E-state index >= 15 is 0 Å². The van der Waals surface area contributed by atoms with Crippen LogP contribution in [0.5, 0.6) is 0 Å². The van der Waals surface area contributed by atoms with E-state index in [0.717, 1.165) is 11.8 Å². The van der Waals surface area contributed by atoms with Crippen LogP contribution < -0.4 is 10.6 Å². The first-order valence-corrected chi connectivity index (χ1v) is 8.81. The lowest BCUT2D eigenvalue weighted by molar-refractivity contribution is 0.0516. The standard InChI is InChI=1S/C18H36N2O2/c1-12(2)16(11-19-17(21)22-18(5,6)7)20-15-9-8-13(3)14(4)10-15/h12-16,20H,8-11H2,1-7H3,(H,19,21). The van der Waals surface area contributed by atoms with E-state index in [9.17, 15) is 4.79 Å². The number of ether oxygens (including phenoxy) is 1. The predicted octanol–water partition coefficient (Wildman–Crippen LogP) is 3.95. The van der Waals surface area contributed by atoms with Crippen molar-refractivity contribution in [2.75, 3.05) is 6.54 Å². The molecule has 0 spiro atoms. The van der Waals surface area contributed by atoms with Gasteiger partial charge in [-0.1, -0.05) is 27.7 Å². The summed E-state index contributed by atoms with van der Waals surface area (Å²) < 4.78 is 5.31. The lowest BCUT2D eigenvalue weighted by atomic mass is 9.78. The first-order valence-electron chi connectivity index (χ1n) is 8.81. The number of carbonyl (C=O) groups is 1. The van der Waals surface area contributed by atoms with E-state index in [4.69, 9.17) is 4.74 Å². The number of hydrogen-bond donors (Lipinski definition) is 2. The molecule has 1 amide bonds. The molecule has 130 valence electrons. The van der Waals surface area contributed by atoms with Gasteiger partial charge >= 0.3 is 6.09 Å². The lowest BCUT2D eigenvalue weighted by Crippen LogP contribution is -2.50. The van der Waals surface area contributed by atoms with Gasteiger partial charge in [-0.2, -0.15) is 0 Å². The fourth-order valence-electron chi connectivity index (χ4n) is 3.00. The molecule has 4 heteroatoms. The third-order valence-electron chi connectivity index (χ3n) is 4.72. The molecule has 0 aromatic heterocycles. The van der Waals surface area contributed by atoms with Gasteiger partial charge in [0, 0.05) is 18.6 Å². The van der Waals surface area contributed by atoms with Gasteiger partial charge in [-0.3, -0.25) is 0 Å². The molecular weight excluding hydrogens is 276 g/mol. The summed E-state index contributed by atoms with van der Waals surface area (Å²) in [5.74, 6) is 2.08. The molecule has 4 unspecified atom stereocenters. The molecule has 1 saturated carbocycles. The fourth-order valence-corrected chi connectivity index (χ4v) is 3.00. The normalized spacial score (nSPS) is 27.5. The van der Waals surface area contributed by atoms with Crippen molar-refractivity contribution >= 4 is 6.09 Å². The van der Waals surface area contributed by atoms with E-state index < -0.39 is 5.60 Å². The quantitative estimate of drug-likeness (QED) is 0.808. The monoisotopic (exact) mass is 312 g/mol. The molecule has 1 fully saturated rings. The van der Waals surface area contributed by atoms with Crippen LogP contribution in [0.1, 0.15) is 67.7 Å². The second-order valence-electron chi connectivity index (χ2n) is 8.36. The average Bonchev–Trinajstić information content (AvgIpc) is 2.36. The summed E-state index contributed by atoms with van der Waals surface area (Å²) in [6.07, 6.45) is 3.44. The van der Waals surface area contributed by atoms with Crippen LogP contribution in [0, 0.1) is 17.8 Å². The van der Waals surface area contributed by atoms with Crippen molar-refractivity contribution in [3.8, 4) is 0 Å². The highest BCUT2D eigenvalue weighted by Gasteiger charge is 2.27. The maximum Gasteiger partial charge on any atom is 0.407 e. The van der Waals surface area contributed by atoms with Crippen molar-refractivity contribution in [1.82, 2.24) is 10.6 Å². The van der Waals surface area contributed by atoms with Crippen LogP contribution in [0.2, 0.25) is 0 Å². The summed E-state index contributed by atoms with van der Waals surface area (Å²) in [6, 6.07) is 0.858. The molecule has 0 aliphatic heterocycles. The maximum atomic E-state index is 11.8. The van der Waals surface area contributed by atoms with Gasteiger partial charge in [0.2, 0.25) is 0 Å². The highest BCUT2D eigenvalue weighted by molar-refractivity contribution is 5.67. The summed E-state index contributed by atoms with van der Waals surface area (Å²) in [4.78, 5) is 11.8. The van der Waals surface area contributed by atoms with Crippen molar-refractivity contribution in [3.63, 3.8) is 0 Å². The maximum absolute atomic E-state index is 11.8. The molecule has 2 N–H and O–H groups in total. The first kappa shape index (κ1) is 19.3. The topological polar surface area (TPSA) is 50.4 Å². The van der Waals surface area contributed by atoms with Crippen molar-refractivity contribution < 1.29 is 9.53 Å². The lowest BCUT2D eigenvalue weighted by Gasteiger charge is -2.36. The van der Waals surface area contributed by atoms with Crippen LogP contribution in [0.3, 0.4) is 0 Å². The molecule has 0 bridgehead atoms. The number of alkyl carbamates (subject to hydrolysis) is 1. The Morgan fingerprint density at radius 3 is 2.32 bits per heavy atom. The highest BCUT2D eigenvalue weighted by atomic mass is 16.6. The van der Waals surface area contributed by atoms with E-state index in [1.807, 2.05) is 20.8 Å². The van der Waals surface area contributed by atoms with Gasteiger partial charge in [-0.05, 0) is 57.8 Å². The van der Waals surface area contributed by atoms with Gasteiger partial charge in [-0.25, -0.2) is 4.79 Å². The predicted molar refractivity (Wildman–Crippen MR) is 92.0 cm³/mol. The summed E-state index contributed by atoms with van der Waals surface area (Å²) in [6.45, 7) is 15.4. The Hall–Kier alpha value is -0.770. The molecule has 0 saturated heterocycles. The van der Waals surface area contributed by atoms with E-state index in [-0.39, 0.29) is 12.1 Å². The van der Waals surface area contributed by atoms with Crippen molar-refractivity contribution in [1.29, 1.82) is 0 Å². The zero-order chi connectivity index (χ0) is 16.9. The van der Waals surface area contributed by atoms with Gasteiger partial charge < -0.3 is 15.4 Å². The number of amides is 1. The minimum Gasteiger partial charge on any atom is -0.444 e. The molecule has 0 radical (unpaired) electrons. The van der Waals surface area contributed by atoms with Crippen LogP contribution in [0.4, 0.5) is 4.79 Å². The molecular formula is C18H36N2O2. The third kappa shape index (κ3) is 6.99. The first-order chi connectivity index (χ1) is 10.1. The zero-order valence-corrected chi connectivity index (χ0v) is 15.5. The fraction of sp³-hybridized carbons (Fsp3) is 0.944. The number of hydrogen-bond acceptors (Lipinski definition) is 3. The molecule has 1 aliphatic carbocycles. The molecule has 4 atom stereocenters. The minimum atomic E-state index is -0.445. The van der Waals surface area contributed by atoms with Crippen LogP contribution in [-0.4, -0.2) is 30.3 Å². The second-order valence-corrected chi connectivity index (χ2v) is 8.36. The Labute approximate surface area is 136 Å². The van der Waals surface area contributed by atoms with E-state index in [1.54, 1.807) is 0 Å². The molecule has 22 heavy (non-hydrogen) atoms. The van der Waals surface area contributed by atoms with E-state index in [0.29, 0.717) is 18.5 Å². The van der Waals surface area contributed by atoms with Gasteiger partial charge in [0.05, 0.1) is 0 Å². The molecule has 0 aromatic rings. The Morgan fingerprint density at radius 2 is 1.82 bits per heavy atom. The Bertz CT molecular complexity index is 349. The second kappa shape index (κ2) is 8.19. The van der Waals surface area contributed by atoms with E-state index in [2.05, 4.69) is 38.3 Å². The van der Waals surface area contributed by atoms with Crippen molar-refractivity contribution in [2.45, 2.75) is 85.4 Å². The molecule has 0 heterocycles. The summed E-state index contributed by atoms with van der Waals surface area (Å²) in [7, 11) is 0. The van der Waals surface area contributed by atoms with Crippen molar-refractivity contribution in [3.05, 3.63) is 0 Å². The van der Waals surface area contributed by atoms with Gasteiger partial charge in [0.1, 0.15) is 5.60 Å². The Balaban J connectivity index is 2.44. The summed E-state index contributed by atoms with van der Waals surface area (Å²) in [5.41, 5.74) is -0.445. The Morgan fingerprint density at radius 1 is 1.18 bits per heavy atom. The summed E-state index contributed by atoms with van der Waals surface area (Å²) >= 11 is 0. The van der Waals surface area contributed by atoms with Crippen molar-refractivity contribution in [2.24, 2.45) is 17.8 Å². The average molecular weight is 312 g/mol. The number of rotatable bonds is 5. The van der Waals surface area contributed by atoms with Crippen LogP contribution in [0.15, 0.2) is 0 Å². The van der Waals surface area contributed by atoms with Crippen LogP contribution >= 0.6 is 0 Å². The largest absolute Gasteiger partial charge is 0.444 e. The van der Waals surface area contributed by atoms with E-state index in [1.165, 1.54) is 19.3 Å². The smallest absolute Gasteiger partial charge is 0.407 e. The summed E-state index contributed by atoms with van der Waals surface area (Å²) in [5, 5.41) is 6.66. The molecule has 0 aromatic carbocycles. The van der Waals surface area contributed by atoms with Gasteiger partial charge in [-0.15, -0.1) is 0 Å².